The van der Waals surface area contributed by atoms with Gasteiger partial charge in [-0.1, -0.05) is 20.3 Å². The number of aliphatic hydroxyl groups is 1. The van der Waals surface area contributed by atoms with Crippen LogP contribution in [0.4, 0.5) is 0 Å². The van der Waals surface area contributed by atoms with Crippen LogP contribution in [0.5, 0.6) is 0 Å². The van der Waals surface area contributed by atoms with Crippen LogP contribution in [-0.2, 0) is 52.7 Å². The van der Waals surface area contributed by atoms with Crippen LogP contribution in [0.2, 0.25) is 0 Å². The number of likely N-dealkylation sites (tertiary alicyclic amines) is 2. The van der Waals surface area contributed by atoms with Gasteiger partial charge in [-0.25, -0.2) is 4.79 Å². The molecule has 0 aromatic carbocycles. The van der Waals surface area contributed by atoms with Gasteiger partial charge in [0.1, 0.15) is 42.3 Å². The minimum Gasteiger partial charge on any atom is -0.481 e. The van der Waals surface area contributed by atoms with Crippen molar-refractivity contribution in [3.63, 3.8) is 0 Å². The molecule has 2 aliphatic rings. The van der Waals surface area contributed by atoms with Gasteiger partial charge in [0, 0.05) is 25.9 Å². The highest BCUT2D eigenvalue weighted by atomic mass is 16.4. The summed E-state index contributed by atoms with van der Waals surface area (Å²) in [7, 11) is 0. The van der Waals surface area contributed by atoms with E-state index in [-0.39, 0.29) is 70.5 Å². The van der Waals surface area contributed by atoms with E-state index in [0.29, 0.717) is 19.3 Å². The molecule has 9 amide bonds. The zero-order chi connectivity index (χ0) is 49.1. The van der Waals surface area contributed by atoms with Crippen molar-refractivity contribution in [1.29, 1.82) is 0 Å². The fourth-order valence-electron chi connectivity index (χ4n) is 7.46. The Hall–Kier alpha value is -5.95. The molecule has 2 rings (SSSR count). The zero-order valence-corrected chi connectivity index (χ0v) is 37.1. The lowest BCUT2D eigenvalue weighted by Gasteiger charge is -2.32. The maximum Gasteiger partial charge on any atom is 0.326 e. The average molecular weight is 926 g/mol. The predicted octanol–water partition coefficient (Wildman–Crippen LogP) is -4.63. The molecule has 65 heavy (non-hydrogen) atoms. The van der Waals surface area contributed by atoms with Crippen LogP contribution in [-0.4, -0.2) is 164 Å². The molecular formula is C40H67N11O14. The van der Waals surface area contributed by atoms with E-state index >= 15 is 0 Å². The summed E-state index contributed by atoms with van der Waals surface area (Å²) in [4.78, 5) is 144. The number of aliphatic hydroxyl groups excluding tert-OH is 1. The summed E-state index contributed by atoms with van der Waals surface area (Å²) >= 11 is 0. The van der Waals surface area contributed by atoms with E-state index < -0.39 is 139 Å². The smallest absolute Gasteiger partial charge is 0.326 e. The van der Waals surface area contributed by atoms with Gasteiger partial charge in [-0.05, 0) is 77.2 Å². The van der Waals surface area contributed by atoms with Crippen LogP contribution in [0, 0.1) is 5.92 Å². The highest BCUT2D eigenvalue weighted by molar-refractivity contribution is 5.99. The van der Waals surface area contributed by atoms with Gasteiger partial charge in [0.2, 0.25) is 53.2 Å². The molecule has 2 saturated heterocycles. The lowest BCUT2D eigenvalue weighted by Crippen LogP contribution is -2.61. The summed E-state index contributed by atoms with van der Waals surface area (Å²) in [5.74, 6) is -11.0. The van der Waals surface area contributed by atoms with Crippen LogP contribution < -0.4 is 49.5 Å². The number of carbonyl (C=O) groups is 11. The largest absolute Gasteiger partial charge is 0.481 e. The third-order valence-corrected chi connectivity index (χ3v) is 11.5. The number of aliphatic carboxylic acids is 2. The molecule has 0 unspecified atom stereocenters. The molecule has 0 bridgehead atoms. The Labute approximate surface area is 376 Å². The number of amides is 9. The molecule has 0 spiro atoms. The van der Waals surface area contributed by atoms with E-state index in [9.17, 15) is 68.1 Å². The summed E-state index contributed by atoms with van der Waals surface area (Å²) in [5, 5.41) is 41.7. The minimum absolute atomic E-state index is 0.0343. The first kappa shape index (κ1) is 55.2. The second-order valence-corrected chi connectivity index (χ2v) is 16.5. The number of hydrogen-bond donors (Lipinski definition) is 12. The Kier molecular flexibility index (Phi) is 22.7. The highest BCUT2D eigenvalue weighted by Gasteiger charge is 2.43. The Morgan fingerprint density at radius 1 is 0.646 bits per heavy atom. The Morgan fingerprint density at radius 3 is 1.63 bits per heavy atom. The van der Waals surface area contributed by atoms with E-state index in [2.05, 4.69) is 26.6 Å². The Morgan fingerprint density at radius 2 is 1.15 bits per heavy atom. The van der Waals surface area contributed by atoms with Crippen molar-refractivity contribution in [3.05, 3.63) is 0 Å². The molecule has 16 N–H and O–H groups in total. The normalized spacial score (nSPS) is 19.5. The number of rotatable bonds is 28. The number of unbranched alkanes of at least 4 members (excludes halogenated alkanes) is 1. The van der Waals surface area contributed by atoms with Crippen molar-refractivity contribution in [2.45, 2.75) is 159 Å². The number of hydrogen-bond acceptors (Lipinski definition) is 14. The van der Waals surface area contributed by atoms with Crippen molar-refractivity contribution in [1.82, 2.24) is 36.4 Å². The molecule has 2 fully saturated rings. The molecule has 25 heteroatoms. The first-order valence-corrected chi connectivity index (χ1v) is 21.8. The van der Waals surface area contributed by atoms with E-state index in [1.807, 2.05) is 6.92 Å². The van der Waals surface area contributed by atoms with Gasteiger partial charge >= 0.3 is 11.9 Å². The Balaban J connectivity index is 2.34. The van der Waals surface area contributed by atoms with Crippen molar-refractivity contribution in [2.75, 3.05) is 19.6 Å². The van der Waals surface area contributed by atoms with Gasteiger partial charge < -0.3 is 74.6 Å². The van der Waals surface area contributed by atoms with Crippen molar-refractivity contribution in [2.24, 2.45) is 28.9 Å². The molecular weight excluding hydrogens is 859 g/mol. The first-order valence-electron chi connectivity index (χ1n) is 21.8. The predicted molar refractivity (Wildman–Crippen MR) is 228 cm³/mol. The first-order chi connectivity index (χ1) is 30.5. The standard InChI is InChI=1S/C40H67N11O14/c1-4-20(2)31(44)37(61)49-32(21(3)52)39(63)51-18-8-11-27(51)35(59)46-23(13-15-30(55)56)34(58)45-22(9-5-6-16-41)33(57)48-25(19-29(43)54)38(62)50-17-7-10-26(50)36(60)47-24(40(64)65)12-14-28(42)53/h20-27,31-32,52H,4-19,41,44H2,1-3H3,(H2,42,53)(H2,43,54)(H,45,58)(H,46,59)(H,47,60)(H,48,57)(H,49,61)(H,55,56)(H,64,65)/t20-,21+,22-,23-,24-,25-,26-,27-,31-,32-/m0/s1. The second-order valence-electron chi connectivity index (χ2n) is 16.5. The van der Waals surface area contributed by atoms with E-state index in [0.717, 1.165) is 9.80 Å². The lowest BCUT2D eigenvalue weighted by molar-refractivity contribution is -0.145. The number of primary amides is 2. The molecule has 2 aliphatic heterocycles. The molecule has 0 aromatic rings. The summed E-state index contributed by atoms with van der Waals surface area (Å²) in [6, 6.07) is -11.2. The van der Waals surface area contributed by atoms with Crippen molar-refractivity contribution in [3.8, 4) is 0 Å². The maximum absolute atomic E-state index is 13.9. The third-order valence-electron chi connectivity index (χ3n) is 11.5. The molecule has 25 nitrogen and oxygen atoms in total. The van der Waals surface area contributed by atoms with Gasteiger partial charge in [0.25, 0.3) is 0 Å². The third kappa shape index (κ3) is 17.2. The lowest BCUT2D eigenvalue weighted by atomic mass is 9.98. The van der Waals surface area contributed by atoms with Gasteiger partial charge in [0.15, 0.2) is 0 Å². The highest BCUT2D eigenvalue weighted by Crippen LogP contribution is 2.22. The number of nitrogens with one attached hydrogen (secondary N) is 5. The van der Waals surface area contributed by atoms with Crippen molar-refractivity contribution < 1.29 is 68.1 Å². The maximum atomic E-state index is 13.9. The zero-order valence-electron chi connectivity index (χ0n) is 37.1. The van der Waals surface area contributed by atoms with Crippen LogP contribution in [0.3, 0.4) is 0 Å². The molecule has 0 aliphatic carbocycles. The van der Waals surface area contributed by atoms with Gasteiger partial charge in [-0.3, -0.25) is 47.9 Å². The van der Waals surface area contributed by atoms with Crippen LogP contribution in [0.15, 0.2) is 0 Å². The fourth-order valence-corrected chi connectivity index (χ4v) is 7.46. The fraction of sp³-hybridized carbons (Fsp3) is 0.725. The monoisotopic (exact) mass is 925 g/mol. The van der Waals surface area contributed by atoms with Crippen LogP contribution >= 0.6 is 0 Å². The number of nitrogens with two attached hydrogens (primary N) is 4. The summed E-state index contributed by atoms with van der Waals surface area (Å²) in [6.45, 7) is 5.04. The number of carbonyl (C=O) groups excluding carboxylic acids is 9. The van der Waals surface area contributed by atoms with E-state index in [4.69, 9.17) is 22.9 Å². The number of nitrogens with zero attached hydrogens (tertiary/aromatic N) is 2. The quantitative estimate of drug-likeness (QED) is 0.0328. The number of carboxylic acids is 2. The van der Waals surface area contributed by atoms with E-state index in [1.54, 1.807) is 6.92 Å². The van der Waals surface area contributed by atoms with Gasteiger partial charge in [0.05, 0.1) is 18.6 Å². The van der Waals surface area contributed by atoms with E-state index in [1.165, 1.54) is 6.92 Å². The SMILES string of the molecule is CC[C@H](C)[C@H](N)C(=O)N[C@H](C(=O)N1CCC[C@H]1C(=O)N[C@@H](CCC(=O)O)C(=O)N[C@@H](CCCCN)C(=O)N[C@@H](CC(N)=O)C(=O)N1CCC[C@H]1C(=O)N[C@@H](CCC(N)=O)C(=O)O)[C@@H](C)O. The van der Waals surface area contributed by atoms with Gasteiger partial charge in [-0.15, -0.1) is 0 Å². The second kappa shape index (κ2) is 26.7. The van der Waals surface area contributed by atoms with Crippen molar-refractivity contribution >= 4 is 65.1 Å². The molecule has 0 aromatic heterocycles. The summed E-state index contributed by atoms with van der Waals surface area (Å²) < 4.78 is 0. The number of carboxylic acid groups (broad SMARTS) is 2. The van der Waals surface area contributed by atoms with Crippen LogP contribution in [0.25, 0.3) is 0 Å². The molecule has 2 heterocycles. The van der Waals surface area contributed by atoms with Gasteiger partial charge in [-0.2, -0.15) is 0 Å². The minimum atomic E-state index is -1.68. The molecule has 0 radical (unpaired) electrons. The molecule has 0 saturated carbocycles. The molecule has 10 atom stereocenters. The topological polar surface area (TPSA) is 419 Å². The Bertz CT molecular complexity index is 1750. The summed E-state index contributed by atoms with van der Waals surface area (Å²) in [6.07, 6.45) is -2.08. The average Bonchev–Trinajstić information content (AvgIpc) is 3.94. The summed E-state index contributed by atoms with van der Waals surface area (Å²) in [5.41, 5.74) is 22.3. The van der Waals surface area contributed by atoms with Crippen LogP contribution in [0.1, 0.15) is 104 Å². The molecule has 366 valence electrons.